The van der Waals surface area contributed by atoms with Gasteiger partial charge in [-0.3, -0.25) is 9.55 Å². The Morgan fingerprint density at radius 2 is 1.81 bits per heavy atom. The summed E-state index contributed by atoms with van der Waals surface area (Å²) < 4.78 is 2.28. The molecular weight excluding hydrogens is 320 g/mol. The molecule has 0 saturated heterocycles. The van der Waals surface area contributed by atoms with Crippen LogP contribution in [0.1, 0.15) is 22.7 Å². The maximum atomic E-state index is 4.83. The number of rotatable bonds is 2. The molecule has 1 aliphatic rings. The van der Waals surface area contributed by atoms with Gasteiger partial charge in [-0.15, -0.1) is 0 Å². The predicted molar refractivity (Wildman–Crippen MR) is 105 cm³/mol. The lowest BCUT2D eigenvalue weighted by atomic mass is 9.97. The van der Waals surface area contributed by atoms with Gasteiger partial charge in [0.15, 0.2) is 0 Å². The standard InChI is InChI=1S/C22H18N4/c1-15-7-2-3-9-17(15)21-13-19(16-8-6-12-23-14-16)25-22-24-18-10-4-5-11-20(18)26(21)22/h2-14,21H,1H3,(H,24,25)/t21-/m1/s1. The van der Waals surface area contributed by atoms with E-state index < -0.39 is 0 Å². The van der Waals surface area contributed by atoms with Crippen LogP contribution in [-0.2, 0) is 0 Å². The van der Waals surface area contributed by atoms with Crippen molar-refractivity contribution in [2.45, 2.75) is 13.0 Å². The van der Waals surface area contributed by atoms with Gasteiger partial charge in [-0.2, -0.15) is 0 Å². The molecule has 26 heavy (non-hydrogen) atoms. The fourth-order valence-corrected chi connectivity index (χ4v) is 3.65. The number of nitrogens with one attached hydrogen (secondary N) is 1. The van der Waals surface area contributed by atoms with Crippen LogP contribution in [0.4, 0.5) is 5.95 Å². The number of nitrogens with zero attached hydrogens (tertiary/aromatic N) is 3. The minimum Gasteiger partial charge on any atom is -0.325 e. The number of fused-ring (bicyclic) bond motifs is 3. The first kappa shape index (κ1) is 14.9. The molecule has 126 valence electrons. The van der Waals surface area contributed by atoms with Crippen molar-refractivity contribution < 1.29 is 0 Å². The monoisotopic (exact) mass is 338 g/mol. The summed E-state index contributed by atoms with van der Waals surface area (Å²) in [4.78, 5) is 9.09. The minimum atomic E-state index is 0.0788. The second kappa shape index (κ2) is 5.85. The van der Waals surface area contributed by atoms with Crippen LogP contribution < -0.4 is 5.32 Å². The van der Waals surface area contributed by atoms with Gasteiger partial charge in [-0.1, -0.05) is 36.4 Å². The summed E-state index contributed by atoms with van der Waals surface area (Å²) in [6, 6.07) is 20.9. The number of hydrogen-bond acceptors (Lipinski definition) is 3. The Morgan fingerprint density at radius 1 is 0.962 bits per heavy atom. The Hall–Kier alpha value is -3.40. The molecule has 0 radical (unpaired) electrons. The quantitative estimate of drug-likeness (QED) is 0.571. The first-order valence-corrected chi connectivity index (χ1v) is 8.73. The summed E-state index contributed by atoms with van der Waals surface area (Å²) in [5.74, 6) is 0.862. The Morgan fingerprint density at radius 3 is 2.65 bits per heavy atom. The molecular formula is C22H18N4. The molecule has 1 N–H and O–H groups in total. The van der Waals surface area contributed by atoms with Gasteiger partial charge in [0.25, 0.3) is 0 Å². The van der Waals surface area contributed by atoms with E-state index >= 15 is 0 Å². The SMILES string of the molecule is Cc1ccccc1[C@H]1C=C(c2cccnc2)Nc2nc3ccccc3n21. The number of hydrogen-bond donors (Lipinski definition) is 1. The number of benzene rings is 2. The van der Waals surface area contributed by atoms with E-state index in [0.717, 1.165) is 28.2 Å². The smallest absolute Gasteiger partial charge is 0.209 e. The van der Waals surface area contributed by atoms with Gasteiger partial charge in [0, 0.05) is 23.7 Å². The molecule has 0 fully saturated rings. The van der Waals surface area contributed by atoms with Gasteiger partial charge >= 0.3 is 0 Å². The van der Waals surface area contributed by atoms with Crippen molar-refractivity contribution >= 4 is 22.7 Å². The lowest BCUT2D eigenvalue weighted by Gasteiger charge is -2.27. The van der Waals surface area contributed by atoms with Crippen molar-refractivity contribution in [3.8, 4) is 0 Å². The number of imidazole rings is 1. The van der Waals surface area contributed by atoms with Crippen LogP contribution in [0, 0.1) is 6.92 Å². The van der Waals surface area contributed by atoms with E-state index in [-0.39, 0.29) is 6.04 Å². The van der Waals surface area contributed by atoms with Crippen molar-refractivity contribution in [2.75, 3.05) is 5.32 Å². The minimum absolute atomic E-state index is 0.0788. The number of anilines is 1. The largest absolute Gasteiger partial charge is 0.325 e. The van der Waals surface area contributed by atoms with E-state index in [4.69, 9.17) is 4.98 Å². The molecule has 0 aliphatic carbocycles. The van der Waals surface area contributed by atoms with Crippen LogP contribution in [0.15, 0.2) is 79.1 Å². The predicted octanol–water partition coefficient (Wildman–Crippen LogP) is 4.80. The highest BCUT2D eigenvalue weighted by atomic mass is 15.2. The van der Waals surface area contributed by atoms with Crippen LogP contribution in [0.25, 0.3) is 16.7 Å². The summed E-state index contributed by atoms with van der Waals surface area (Å²) in [5.41, 5.74) is 6.77. The number of aromatic nitrogens is 3. The Kier molecular flexibility index (Phi) is 3.35. The Labute approximate surface area is 151 Å². The highest BCUT2D eigenvalue weighted by Crippen LogP contribution is 2.37. The summed E-state index contributed by atoms with van der Waals surface area (Å²) in [5, 5.41) is 3.49. The third-order valence-electron chi connectivity index (χ3n) is 4.92. The number of aryl methyl sites for hydroxylation is 1. The first-order valence-electron chi connectivity index (χ1n) is 8.73. The van der Waals surface area contributed by atoms with E-state index in [1.54, 1.807) is 6.20 Å². The van der Waals surface area contributed by atoms with Crippen molar-refractivity contribution in [2.24, 2.45) is 0 Å². The van der Waals surface area contributed by atoms with E-state index in [0.29, 0.717) is 0 Å². The molecule has 0 saturated carbocycles. The maximum Gasteiger partial charge on any atom is 0.209 e. The Bertz CT molecular complexity index is 1130. The van der Waals surface area contributed by atoms with Crippen molar-refractivity contribution in [3.05, 3.63) is 95.8 Å². The lowest BCUT2D eigenvalue weighted by molar-refractivity contribution is 0.716. The summed E-state index contributed by atoms with van der Waals surface area (Å²) in [6.07, 6.45) is 5.94. The molecule has 3 heterocycles. The fourth-order valence-electron chi connectivity index (χ4n) is 3.65. The third kappa shape index (κ3) is 2.30. The van der Waals surface area contributed by atoms with Gasteiger partial charge in [-0.05, 0) is 48.4 Å². The highest BCUT2D eigenvalue weighted by Gasteiger charge is 2.26. The molecule has 4 nitrogen and oxygen atoms in total. The molecule has 1 aliphatic heterocycles. The number of allylic oxidation sites excluding steroid dienone is 1. The van der Waals surface area contributed by atoms with Crippen LogP contribution in [0.5, 0.6) is 0 Å². The highest BCUT2D eigenvalue weighted by molar-refractivity contribution is 5.85. The normalized spacial score (nSPS) is 16.0. The van der Waals surface area contributed by atoms with Crippen LogP contribution in [0.2, 0.25) is 0 Å². The third-order valence-corrected chi connectivity index (χ3v) is 4.92. The van der Waals surface area contributed by atoms with Gasteiger partial charge in [-0.25, -0.2) is 4.98 Å². The summed E-state index contributed by atoms with van der Waals surface area (Å²) >= 11 is 0. The zero-order valence-corrected chi connectivity index (χ0v) is 14.4. The van der Waals surface area contributed by atoms with Gasteiger partial charge in [0.2, 0.25) is 5.95 Å². The molecule has 2 aromatic heterocycles. The molecule has 4 heteroatoms. The van der Waals surface area contributed by atoms with Gasteiger partial charge in [0.1, 0.15) is 0 Å². The van der Waals surface area contributed by atoms with Crippen LogP contribution in [-0.4, -0.2) is 14.5 Å². The Balaban J connectivity index is 1.76. The van der Waals surface area contributed by atoms with Gasteiger partial charge < -0.3 is 5.32 Å². The number of para-hydroxylation sites is 2. The first-order chi connectivity index (χ1) is 12.8. The molecule has 2 aromatic carbocycles. The lowest BCUT2D eigenvalue weighted by Crippen LogP contribution is -2.19. The van der Waals surface area contributed by atoms with Gasteiger partial charge in [0.05, 0.1) is 17.1 Å². The van der Waals surface area contributed by atoms with Crippen LogP contribution >= 0.6 is 0 Å². The fraction of sp³-hybridized carbons (Fsp3) is 0.0909. The van der Waals surface area contributed by atoms with E-state index in [1.165, 1.54) is 11.1 Å². The van der Waals surface area contributed by atoms with Crippen molar-refractivity contribution in [1.29, 1.82) is 0 Å². The van der Waals surface area contributed by atoms with E-state index in [1.807, 2.05) is 18.3 Å². The molecule has 1 atom stereocenters. The maximum absolute atomic E-state index is 4.83. The molecule has 0 unspecified atom stereocenters. The van der Waals surface area contributed by atoms with Crippen molar-refractivity contribution in [1.82, 2.24) is 14.5 Å². The zero-order chi connectivity index (χ0) is 17.5. The van der Waals surface area contributed by atoms with Crippen molar-refractivity contribution in [3.63, 3.8) is 0 Å². The second-order valence-electron chi connectivity index (χ2n) is 6.54. The average Bonchev–Trinajstić information content (AvgIpc) is 3.07. The summed E-state index contributed by atoms with van der Waals surface area (Å²) in [7, 11) is 0. The summed E-state index contributed by atoms with van der Waals surface area (Å²) in [6.45, 7) is 2.16. The number of pyridine rings is 1. The average molecular weight is 338 g/mol. The molecule has 0 amide bonds. The molecule has 0 bridgehead atoms. The topological polar surface area (TPSA) is 42.7 Å². The molecule has 5 rings (SSSR count). The van der Waals surface area contributed by atoms with E-state index in [9.17, 15) is 0 Å². The van der Waals surface area contributed by atoms with E-state index in [2.05, 4.69) is 76.4 Å². The molecule has 0 spiro atoms. The van der Waals surface area contributed by atoms with Crippen LogP contribution in [0.3, 0.4) is 0 Å². The second-order valence-corrected chi connectivity index (χ2v) is 6.54. The molecule has 4 aromatic rings. The zero-order valence-electron chi connectivity index (χ0n) is 14.4.